The Kier molecular flexibility index (Phi) is 5.67. The van der Waals surface area contributed by atoms with Crippen LogP contribution in [0.1, 0.15) is 23.7 Å². The normalized spacial score (nSPS) is 10.1. The zero-order chi connectivity index (χ0) is 15.9. The summed E-state index contributed by atoms with van der Waals surface area (Å²) in [5.74, 6) is 0.805. The minimum absolute atomic E-state index is 0.299. The van der Waals surface area contributed by atoms with Gasteiger partial charge in [-0.2, -0.15) is 0 Å². The van der Waals surface area contributed by atoms with E-state index in [0.717, 1.165) is 6.42 Å². The van der Waals surface area contributed by atoms with E-state index >= 15 is 0 Å². The summed E-state index contributed by atoms with van der Waals surface area (Å²) in [7, 11) is 1.51. The van der Waals surface area contributed by atoms with E-state index in [1.165, 1.54) is 7.11 Å². The third-order valence-electron chi connectivity index (χ3n) is 3.00. The van der Waals surface area contributed by atoms with Crippen molar-refractivity contribution in [1.82, 2.24) is 0 Å². The van der Waals surface area contributed by atoms with E-state index in [-0.39, 0.29) is 5.91 Å². The van der Waals surface area contributed by atoms with E-state index in [1.54, 1.807) is 24.3 Å². The lowest BCUT2D eigenvalue weighted by Crippen LogP contribution is -2.14. The molecule has 0 aliphatic heterocycles. The van der Waals surface area contributed by atoms with Crippen LogP contribution in [0.15, 0.2) is 42.5 Å². The molecular weight excluding hydrogens is 302 g/mol. The molecule has 0 fully saturated rings. The molecule has 0 radical (unpaired) electrons. The van der Waals surface area contributed by atoms with Crippen molar-refractivity contribution in [2.45, 2.75) is 13.3 Å². The molecule has 0 aliphatic rings. The molecule has 4 nitrogen and oxygen atoms in total. The number of nitrogens with one attached hydrogen (secondary N) is 1. The van der Waals surface area contributed by atoms with Crippen molar-refractivity contribution in [3.8, 4) is 11.5 Å². The zero-order valence-electron chi connectivity index (χ0n) is 12.6. The first-order valence-electron chi connectivity index (χ1n) is 7.02. The van der Waals surface area contributed by atoms with E-state index in [0.29, 0.717) is 34.4 Å². The topological polar surface area (TPSA) is 47.6 Å². The number of ether oxygens (including phenoxy) is 2. The number of hydrogen-bond donors (Lipinski definition) is 1. The molecule has 1 amide bonds. The maximum Gasteiger partial charge on any atom is 0.259 e. The van der Waals surface area contributed by atoms with E-state index in [4.69, 9.17) is 21.1 Å². The van der Waals surface area contributed by atoms with E-state index in [1.807, 2.05) is 25.1 Å². The monoisotopic (exact) mass is 319 g/mol. The number of methoxy groups -OCH3 is 1. The molecule has 5 heteroatoms. The molecule has 0 saturated heterocycles. The van der Waals surface area contributed by atoms with Gasteiger partial charge >= 0.3 is 0 Å². The van der Waals surface area contributed by atoms with Crippen molar-refractivity contribution in [3.05, 3.63) is 53.1 Å². The van der Waals surface area contributed by atoms with Crippen molar-refractivity contribution in [2.24, 2.45) is 0 Å². The summed E-state index contributed by atoms with van der Waals surface area (Å²) >= 11 is 5.96. The van der Waals surface area contributed by atoms with Crippen LogP contribution < -0.4 is 14.8 Å². The van der Waals surface area contributed by atoms with Gasteiger partial charge in [-0.3, -0.25) is 4.79 Å². The van der Waals surface area contributed by atoms with Crippen LogP contribution in [0.4, 0.5) is 5.69 Å². The Labute approximate surface area is 135 Å². The molecule has 0 spiro atoms. The average Bonchev–Trinajstić information content (AvgIpc) is 2.54. The van der Waals surface area contributed by atoms with Crippen LogP contribution in [0, 0.1) is 0 Å². The molecule has 0 unspecified atom stereocenters. The fourth-order valence-corrected chi connectivity index (χ4v) is 2.13. The lowest BCUT2D eigenvalue weighted by atomic mass is 10.1. The standard InChI is InChI=1S/C17H18ClNO3/c1-3-10-22-16-7-5-4-6-14(16)19-17(20)13-11-12(18)8-9-15(13)21-2/h4-9,11H,3,10H2,1-2H3,(H,19,20). The number of hydrogen-bond acceptors (Lipinski definition) is 3. The molecule has 0 bridgehead atoms. The molecule has 0 heterocycles. The van der Waals surface area contributed by atoms with Crippen molar-refractivity contribution in [2.75, 3.05) is 19.0 Å². The largest absolute Gasteiger partial charge is 0.496 e. The second-order valence-corrected chi connectivity index (χ2v) is 5.08. The van der Waals surface area contributed by atoms with Gasteiger partial charge in [0.1, 0.15) is 11.5 Å². The van der Waals surface area contributed by atoms with Gasteiger partial charge in [-0.15, -0.1) is 0 Å². The summed E-state index contributed by atoms with van der Waals surface area (Å²) in [6.45, 7) is 2.62. The van der Waals surface area contributed by atoms with Crippen molar-refractivity contribution in [3.63, 3.8) is 0 Å². The van der Waals surface area contributed by atoms with E-state index in [9.17, 15) is 4.79 Å². The van der Waals surface area contributed by atoms with Gasteiger partial charge in [0.15, 0.2) is 0 Å². The van der Waals surface area contributed by atoms with Gasteiger partial charge in [0.25, 0.3) is 5.91 Å². The second-order valence-electron chi connectivity index (χ2n) is 4.64. The van der Waals surface area contributed by atoms with Gasteiger partial charge in [0.05, 0.1) is 25.0 Å². The Morgan fingerprint density at radius 3 is 2.68 bits per heavy atom. The minimum Gasteiger partial charge on any atom is -0.496 e. The molecule has 2 rings (SSSR count). The molecule has 22 heavy (non-hydrogen) atoms. The Balaban J connectivity index is 2.24. The maximum atomic E-state index is 12.5. The lowest BCUT2D eigenvalue weighted by Gasteiger charge is -2.13. The number of para-hydroxylation sites is 2. The number of anilines is 1. The fourth-order valence-electron chi connectivity index (χ4n) is 1.96. The maximum absolute atomic E-state index is 12.5. The summed E-state index contributed by atoms with van der Waals surface area (Å²) in [6, 6.07) is 12.2. The number of halogens is 1. The lowest BCUT2D eigenvalue weighted by molar-refractivity contribution is 0.102. The highest BCUT2D eigenvalue weighted by molar-refractivity contribution is 6.31. The molecule has 0 aliphatic carbocycles. The number of carbonyl (C=O) groups is 1. The first kappa shape index (κ1) is 16.2. The molecule has 2 aromatic rings. The van der Waals surface area contributed by atoms with Gasteiger partial charge in [-0.05, 0) is 36.8 Å². The Morgan fingerprint density at radius 2 is 1.95 bits per heavy atom. The van der Waals surface area contributed by atoms with Crippen LogP contribution in [0.25, 0.3) is 0 Å². The Bertz CT molecular complexity index is 658. The SMILES string of the molecule is CCCOc1ccccc1NC(=O)c1cc(Cl)ccc1OC. The third-order valence-corrected chi connectivity index (χ3v) is 3.24. The highest BCUT2D eigenvalue weighted by Crippen LogP contribution is 2.27. The van der Waals surface area contributed by atoms with Crippen LogP contribution in [-0.2, 0) is 0 Å². The average molecular weight is 320 g/mol. The van der Waals surface area contributed by atoms with Crippen LogP contribution in [-0.4, -0.2) is 19.6 Å². The Hall–Kier alpha value is -2.20. The van der Waals surface area contributed by atoms with E-state index in [2.05, 4.69) is 5.32 Å². The van der Waals surface area contributed by atoms with Crippen LogP contribution in [0.2, 0.25) is 5.02 Å². The van der Waals surface area contributed by atoms with Gasteiger partial charge < -0.3 is 14.8 Å². The highest BCUT2D eigenvalue weighted by atomic mass is 35.5. The quantitative estimate of drug-likeness (QED) is 0.859. The van der Waals surface area contributed by atoms with Gasteiger partial charge in [0.2, 0.25) is 0 Å². The van der Waals surface area contributed by atoms with Crippen molar-refractivity contribution < 1.29 is 14.3 Å². The highest BCUT2D eigenvalue weighted by Gasteiger charge is 2.15. The first-order valence-corrected chi connectivity index (χ1v) is 7.40. The molecule has 0 atom stereocenters. The molecule has 116 valence electrons. The summed E-state index contributed by atoms with van der Waals surface area (Å²) in [4.78, 5) is 12.5. The third kappa shape index (κ3) is 3.92. The molecule has 1 N–H and O–H groups in total. The van der Waals surface area contributed by atoms with Crippen molar-refractivity contribution in [1.29, 1.82) is 0 Å². The van der Waals surface area contributed by atoms with Crippen LogP contribution in [0.3, 0.4) is 0 Å². The van der Waals surface area contributed by atoms with E-state index < -0.39 is 0 Å². The van der Waals surface area contributed by atoms with Crippen molar-refractivity contribution >= 4 is 23.2 Å². The predicted molar refractivity (Wildman–Crippen MR) is 88.2 cm³/mol. The zero-order valence-corrected chi connectivity index (χ0v) is 13.3. The predicted octanol–water partition coefficient (Wildman–Crippen LogP) is 4.39. The summed E-state index contributed by atoms with van der Waals surface area (Å²) in [5, 5.41) is 3.31. The molecule has 0 saturated carbocycles. The summed E-state index contributed by atoms with van der Waals surface area (Å²) in [6.07, 6.45) is 0.893. The Morgan fingerprint density at radius 1 is 1.18 bits per heavy atom. The van der Waals surface area contributed by atoms with Gasteiger partial charge in [-0.1, -0.05) is 30.7 Å². The fraction of sp³-hybridized carbons (Fsp3) is 0.235. The van der Waals surface area contributed by atoms with Crippen LogP contribution in [0.5, 0.6) is 11.5 Å². The molecule has 0 aromatic heterocycles. The van der Waals surface area contributed by atoms with Crippen LogP contribution >= 0.6 is 11.6 Å². The summed E-state index contributed by atoms with van der Waals surface area (Å²) < 4.78 is 10.8. The number of rotatable bonds is 6. The second kappa shape index (κ2) is 7.71. The smallest absolute Gasteiger partial charge is 0.259 e. The molecule has 2 aromatic carbocycles. The molecular formula is C17H18ClNO3. The van der Waals surface area contributed by atoms with Gasteiger partial charge in [0, 0.05) is 5.02 Å². The first-order chi connectivity index (χ1) is 10.7. The number of carbonyl (C=O) groups excluding carboxylic acids is 1. The number of amides is 1. The summed E-state index contributed by atoms with van der Waals surface area (Å²) in [5.41, 5.74) is 0.989. The minimum atomic E-state index is -0.299. The van der Waals surface area contributed by atoms with Gasteiger partial charge in [-0.25, -0.2) is 0 Å². The number of benzene rings is 2.